The van der Waals surface area contributed by atoms with Crippen LogP contribution in [0.2, 0.25) is 16.6 Å². The average Bonchev–Trinajstić information content (AvgIpc) is 3.95. The molecule has 2 aromatic carbocycles. The molecule has 0 radical (unpaired) electrons. The Morgan fingerprint density at radius 1 is 0.944 bits per heavy atom. The fourth-order valence-electron chi connectivity index (χ4n) is 11.8. The van der Waals surface area contributed by atoms with Crippen LogP contribution in [0.15, 0.2) is 30.3 Å². The topological polar surface area (TPSA) is 131 Å². The Kier molecular flexibility index (Phi) is 14.1. The van der Waals surface area contributed by atoms with E-state index in [1.54, 1.807) is 37.8 Å². The standard InChI is InChI=1S/C54H71F4N7O6Si/c1-30(2)72(31(3)4,32(5)6)23-20-34-16-15-17-35-24-36(59-49(66)70-51(8,9)10)25-38(40(34)35)43-42(55)44-41-46(62-48(61-44)68-29-53(21-22-53)27-63(14)28-54(56,57)58)64-26-37-18-19-39(45(64)33(7)69-47(41)60-43)65(37)50(67)71-52(11,12)13/h15-17,24-25,30-33,37,39,45H,18-19,21-22,26-29H2,1-14H3,(H,59,66)/t33-,37+,39-,45+/m0/s1. The second-order valence-electron chi connectivity index (χ2n) is 23.6. The number of nitrogens with zero attached hydrogens (tertiary/aromatic N) is 6. The van der Waals surface area contributed by atoms with Crippen molar-refractivity contribution in [2.24, 2.45) is 5.41 Å². The summed E-state index contributed by atoms with van der Waals surface area (Å²) in [5.74, 6) is 3.16. The van der Waals surface area contributed by atoms with Gasteiger partial charge in [-0.3, -0.25) is 15.1 Å². The lowest BCUT2D eigenvalue weighted by atomic mass is 9.95. The van der Waals surface area contributed by atoms with Crippen molar-refractivity contribution in [1.82, 2.24) is 24.8 Å². The first-order valence-electron chi connectivity index (χ1n) is 25.3. The van der Waals surface area contributed by atoms with Crippen molar-refractivity contribution < 1.29 is 46.1 Å². The van der Waals surface area contributed by atoms with Gasteiger partial charge in [0, 0.05) is 40.7 Å². The summed E-state index contributed by atoms with van der Waals surface area (Å²) in [7, 11) is -0.845. The van der Waals surface area contributed by atoms with Crippen LogP contribution in [-0.4, -0.2) is 120 Å². The maximum atomic E-state index is 18.4. The molecule has 1 N–H and O–H groups in total. The van der Waals surface area contributed by atoms with Crippen LogP contribution in [0.25, 0.3) is 32.9 Å². The number of piperazine rings is 1. The summed E-state index contributed by atoms with van der Waals surface area (Å²) in [4.78, 5) is 47.2. The molecule has 4 atom stereocenters. The second-order valence-corrected chi connectivity index (χ2v) is 29.1. The van der Waals surface area contributed by atoms with Gasteiger partial charge in [0.2, 0.25) is 5.88 Å². The number of rotatable bonds is 11. The van der Waals surface area contributed by atoms with E-state index in [9.17, 15) is 22.8 Å². The van der Waals surface area contributed by atoms with E-state index in [0.29, 0.717) is 82.3 Å². The van der Waals surface area contributed by atoms with E-state index in [1.165, 1.54) is 11.9 Å². The van der Waals surface area contributed by atoms with Gasteiger partial charge in [0.25, 0.3) is 0 Å². The predicted octanol–water partition coefficient (Wildman–Crippen LogP) is 12.3. The number of halogens is 4. The lowest BCUT2D eigenvalue weighted by molar-refractivity contribution is -0.144. The number of hydrogen-bond acceptors (Lipinski definition) is 11. The van der Waals surface area contributed by atoms with E-state index < -0.39 is 67.6 Å². The largest absolute Gasteiger partial charge is 0.472 e. The number of carbonyl (C=O) groups is 2. The number of alkyl halides is 3. The molecule has 72 heavy (non-hydrogen) atoms. The zero-order valence-corrected chi connectivity index (χ0v) is 45.2. The lowest BCUT2D eigenvalue weighted by Crippen LogP contribution is -2.65. The third-order valence-electron chi connectivity index (χ3n) is 14.8. The number of anilines is 2. The molecule has 2 amide bonds. The summed E-state index contributed by atoms with van der Waals surface area (Å²) < 4.78 is 83.5. The van der Waals surface area contributed by atoms with Crippen LogP contribution in [0.3, 0.4) is 0 Å². The lowest BCUT2D eigenvalue weighted by Gasteiger charge is -2.48. The molecule has 18 heteroatoms. The molecule has 3 aliphatic heterocycles. The van der Waals surface area contributed by atoms with Crippen molar-refractivity contribution in [2.75, 3.05) is 43.5 Å². The zero-order valence-electron chi connectivity index (χ0n) is 44.2. The first kappa shape index (κ1) is 52.9. The summed E-state index contributed by atoms with van der Waals surface area (Å²) in [6, 6.07) is 7.85. The van der Waals surface area contributed by atoms with Gasteiger partial charge < -0.3 is 23.8 Å². The van der Waals surface area contributed by atoms with Crippen molar-refractivity contribution in [2.45, 2.75) is 174 Å². The molecular formula is C54H71F4N7O6Si. The van der Waals surface area contributed by atoms with Crippen LogP contribution in [0.5, 0.6) is 11.9 Å². The Hall–Kier alpha value is -5.41. The molecule has 2 saturated heterocycles. The number of amides is 2. The molecule has 0 spiro atoms. The van der Waals surface area contributed by atoms with E-state index in [0.717, 1.165) is 0 Å². The number of carbonyl (C=O) groups excluding carboxylic acids is 2. The van der Waals surface area contributed by atoms with Gasteiger partial charge in [-0.05, 0) is 121 Å². The molecule has 4 aliphatic rings. The molecule has 2 bridgehead atoms. The molecule has 1 saturated carbocycles. The third kappa shape index (κ3) is 10.7. The van der Waals surface area contributed by atoms with Gasteiger partial charge >= 0.3 is 24.4 Å². The Morgan fingerprint density at radius 3 is 2.22 bits per heavy atom. The fourth-order valence-corrected chi connectivity index (χ4v) is 17.0. The molecule has 390 valence electrons. The second kappa shape index (κ2) is 19.1. The smallest absolute Gasteiger partial charge is 0.412 e. The summed E-state index contributed by atoms with van der Waals surface area (Å²) >= 11 is 0. The van der Waals surface area contributed by atoms with Gasteiger partial charge in [-0.2, -0.15) is 23.1 Å². The van der Waals surface area contributed by atoms with Crippen LogP contribution in [0.4, 0.5) is 38.7 Å². The Labute approximate surface area is 422 Å². The maximum Gasteiger partial charge on any atom is 0.412 e. The Balaban J connectivity index is 1.34. The molecule has 3 fully saturated rings. The van der Waals surface area contributed by atoms with Crippen LogP contribution >= 0.6 is 0 Å². The van der Waals surface area contributed by atoms with Gasteiger partial charge in [0.15, 0.2) is 5.82 Å². The maximum absolute atomic E-state index is 18.4. The van der Waals surface area contributed by atoms with E-state index in [4.69, 9.17) is 33.9 Å². The van der Waals surface area contributed by atoms with Gasteiger partial charge in [-0.1, -0.05) is 59.6 Å². The molecule has 0 unspecified atom stereocenters. The Bertz CT molecular complexity index is 2790. The quantitative estimate of drug-likeness (QED) is 0.0875. The summed E-state index contributed by atoms with van der Waals surface area (Å²) in [5, 5.41) is 4.33. The number of aromatic nitrogens is 3. The van der Waals surface area contributed by atoms with E-state index in [2.05, 4.69) is 63.2 Å². The number of hydrogen-bond donors (Lipinski definition) is 1. The SMILES string of the molecule is CC(C)[Si](C#Cc1cccc2cc(NC(=O)OC(C)(C)C)cc(-c3nc4c5c(nc(OCC6(CN(C)CC(F)(F)F)CC6)nc5c3F)N3C[C@H]5CC[C@@H]([C@H]3[C@H](C)O4)N5C(=O)OC(C)(C)C)c12)(C(C)C)C(C)C. The van der Waals surface area contributed by atoms with Crippen LogP contribution in [-0.2, 0) is 9.47 Å². The summed E-state index contributed by atoms with van der Waals surface area (Å²) in [5.41, 5.74) is 3.74. The highest BCUT2D eigenvalue weighted by Crippen LogP contribution is 2.50. The minimum Gasteiger partial charge on any atom is -0.472 e. The normalized spacial score (nSPS) is 20.6. The van der Waals surface area contributed by atoms with Crippen molar-refractivity contribution >= 4 is 53.4 Å². The molecule has 2 aromatic heterocycles. The number of pyridine rings is 1. The monoisotopic (exact) mass is 1020 g/mol. The Morgan fingerprint density at radius 2 is 1.61 bits per heavy atom. The number of benzene rings is 2. The van der Waals surface area contributed by atoms with Crippen molar-refractivity contribution in [1.29, 1.82) is 0 Å². The highest BCUT2D eigenvalue weighted by molar-refractivity contribution is 6.90. The van der Waals surface area contributed by atoms with Gasteiger partial charge in [0.1, 0.15) is 47.8 Å². The van der Waals surface area contributed by atoms with Gasteiger partial charge in [0.05, 0.1) is 31.3 Å². The average molecular weight is 1020 g/mol. The van der Waals surface area contributed by atoms with Crippen LogP contribution < -0.4 is 19.7 Å². The fraction of sp³-hybridized carbons (Fsp3) is 0.611. The van der Waals surface area contributed by atoms with Gasteiger partial charge in [-0.25, -0.2) is 19.0 Å². The molecule has 13 nitrogen and oxygen atoms in total. The zero-order chi connectivity index (χ0) is 52.6. The molecule has 4 aromatic rings. The first-order chi connectivity index (χ1) is 33.5. The van der Waals surface area contributed by atoms with Gasteiger partial charge in [-0.15, -0.1) is 5.54 Å². The number of fused-ring (bicyclic) bond motifs is 6. The van der Waals surface area contributed by atoms with Crippen LogP contribution in [0.1, 0.15) is 121 Å². The predicted molar refractivity (Wildman–Crippen MR) is 275 cm³/mol. The van der Waals surface area contributed by atoms with E-state index >= 15 is 4.39 Å². The number of ether oxygens (including phenoxy) is 4. The highest BCUT2D eigenvalue weighted by Gasteiger charge is 2.54. The minimum absolute atomic E-state index is 0.000449. The van der Waals surface area contributed by atoms with Crippen LogP contribution in [0, 0.1) is 22.7 Å². The summed E-state index contributed by atoms with van der Waals surface area (Å²) in [6.07, 6.45) is -3.54. The van der Waals surface area contributed by atoms with Crippen molar-refractivity contribution in [3.05, 3.63) is 41.7 Å². The van der Waals surface area contributed by atoms with Crippen molar-refractivity contribution in [3.63, 3.8) is 0 Å². The molecule has 8 rings (SSSR count). The minimum atomic E-state index is -4.37. The third-order valence-corrected chi connectivity index (χ3v) is 21.0. The molecular weight excluding hydrogens is 947 g/mol. The number of nitrogens with one attached hydrogen (secondary N) is 1. The summed E-state index contributed by atoms with van der Waals surface area (Å²) in [6.45, 7) is 25.5. The molecule has 5 heterocycles. The van der Waals surface area contributed by atoms with E-state index in [-0.39, 0.29) is 53.7 Å². The first-order valence-corrected chi connectivity index (χ1v) is 27.6. The molecule has 1 aliphatic carbocycles. The van der Waals surface area contributed by atoms with E-state index in [1.807, 2.05) is 45.9 Å². The highest BCUT2D eigenvalue weighted by atomic mass is 28.3. The van der Waals surface area contributed by atoms with Crippen molar-refractivity contribution in [3.8, 4) is 34.6 Å².